The SMILES string of the molecule is CC(=O)Nc1ccc(OCc2nnsc2Cl)cc1. The van der Waals surface area contributed by atoms with Crippen LogP contribution in [-0.2, 0) is 11.4 Å². The van der Waals surface area contributed by atoms with Gasteiger partial charge in [0.15, 0.2) is 0 Å². The molecule has 1 aromatic heterocycles. The number of ether oxygens (including phenoxy) is 1. The van der Waals surface area contributed by atoms with Crippen LogP contribution in [0.25, 0.3) is 0 Å². The third-order valence-corrected chi connectivity index (χ3v) is 3.04. The first-order valence-electron chi connectivity index (χ1n) is 5.12. The Morgan fingerprint density at radius 2 is 2.17 bits per heavy atom. The molecule has 0 spiro atoms. The Morgan fingerprint density at radius 1 is 1.44 bits per heavy atom. The van der Waals surface area contributed by atoms with Crippen LogP contribution in [0, 0.1) is 0 Å². The van der Waals surface area contributed by atoms with Crippen LogP contribution in [0.15, 0.2) is 24.3 Å². The molecule has 0 radical (unpaired) electrons. The summed E-state index contributed by atoms with van der Waals surface area (Å²) in [5.41, 5.74) is 1.34. The Kier molecular flexibility index (Phi) is 4.11. The molecule has 0 aliphatic rings. The van der Waals surface area contributed by atoms with E-state index in [0.29, 0.717) is 15.8 Å². The van der Waals surface area contributed by atoms with E-state index in [1.54, 1.807) is 24.3 Å². The zero-order chi connectivity index (χ0) is 13.0. The number of nitrogens with one attached hydrogen (secondary N) is 1. The van der Waals surface area contributed by atoms with Crippen molar-refractivity contribution in [1.82, 2.24) is 9.59 Å². The van der Waals surface area contributed by atoms with E-state index < -0.39 is 0 Å². The Morgan fingerprint density at radius 3 is 2.72 bits per heavy atom. The van der Waals surface area contributed by atoms with Crippen LogP contribution in [0.5, 0.6) is 5.75 Å². The van der Waals surface area contributed by atoms with Crippen LogP contribution in [0.1, 0.15) is 12.6 Å². The normalized spacial score (nSPS) is 10.1. The number of rotatable bonds is 4. The van der Waals surface area contributed by atoms with E-state index in [4.69, 9.17) is 16.3 Å². The Hall–Kier alpha value is -1.66. The minimum atomic E-state index is -0.107. The van der Waals surface area contributed by atoms with Crippen LogP contribution < -0.4 is 10.1 Å². The molecule has 0 saturated carbocycles. The molecule has 1 aromatic carbocycles. The highest BCUT2D eigenvalue weighted by atomic mass is 35.5. The zero-order valence-electron chi connectivity index (χ0n) is 9.51. The highest BCUT2D eigenvalue weighted by Crippen LogP contribution is 2.20. The van der Waals surface area contributed by atoms with Gasteiger partial charge in [0.1, 0.15) is 22.4 Å². The number of hydrogen-bond donors (Lipinski definition) is 1. The van der Waals surface area contributed by atoms with Gasteiger partial charge in [-0.25, -0.2) is 0 Å². The largest absolute Gasteiger partial charge is 0.487 e. The summed E-state index contributed by atoms with van der Waals surface area (Å²) in [5, 5.41) is 6.52. The topological polar surface area (TPSA) is 64.1 Å². The first kappa shape index (κ1) is 12.8. The maximum absolute atomic E-state index is 10.8. The highest BCUT2D eigenvalue weighted by molar-refractivity contribution is 7.10. The van der Waals surface area contributed by atoms with Gasteiger partial charge < -0.3 is 10.1 Å². The van der Waals surface area contributed by atoms with Crippen LogP contribution >= 0.6 is 23.1 Å². The molecule has 1 amide bonds. The second-order valence-corrected chi connectivity index (χ2v) is 4.84. The molecule has 2 rings (SSSR count). The molecule has 94 valence electrons. The molecule has 0 fully saturated rings. The summed E-state index contributed by atoms with van der Waals surface area (Å²) in [5.74, 6) is 0.567. The number of hydrogen-bond acceptors (Lipinski definition) is 5. The second-order valence-electron chi connectivity index (χ2n) is 3.49. The Balaban J connectivity index is 1.94. The van der Waals surface area contributed by atoms with Gasteiger partial charge in [-0.1, -0.05) is 16.1 Å². The smallest absolute Gasteiger partial charge is 0.221 e. The summed E-state index contributed by atoms with van der Waals surface area (Å²) in [4.78, 5) is 10.8. The van der Waals surface area contributed by atoms with E-state index in [9.17, 15) is 4.79 Å². The summed E-state index contributed by atoms with van der Waals surface area (Å²) in [6.07, 6.45) is 0. The van der Waals surface area contributed by atoms with E-state index in [-0.39, 0.29) is 12.5 Å². The molecular weight excluding hydrogens is 274 g/mol. The zero-order valence-corrected chi connectivity index (χ0v) is 11.1. The fourth-order valence-electron chi connectivity index (χ4n) is 1.27. The van der Waals surface area contributed by atoms with Crippen molar-refractivity contribution in [2.75, 3.05) is 5.32 Å². The third kappa shape index (κ3) is 3.41. The predicted molar refractivity (Wildman–Crippen MR) is 70.0 cm³/mol. The van der Waals surface area contributed by atoms with E-state index in [0.717, 1.165) is 17.2 Å². The number of halogens is 1. The average molecular weight is 284 g/mol. The minimum absolute atomic E-state index is 0.107. The van der Waals surface area contributed by atoms with Crippen LogP contribution in [0.3, 0.4) is 0 Å². The van der Waals surface area contributed by atoms with E-state index in [2.05, 4.69) is 14.9 Å². The van der Waals surface area contributed by atoms with Crippen molar-refractivity contribution < 1.29 is 9.53 Å². The number of carbonyl (C=O) groups excluding carboxylic acids is 1. The van der Waals surface area contributed by atoms with Crippen molar-refractivity contribution in [3.63, 3.8) is 0 Å². The average Bonchev–Trinajstić information content (AvgIpc) is 2.73. The number of amides is 1. The number of benzene rings is 1. The number of carbonyl (C=O) groups is 1. The molecule has 0 saturated heterocycles. The number of nitrogens with zero attached hydrogens (tertiary/aromatic N) is 2. The Bertz CT molecular complexity index is 541. The maximum Gasteiger partial charge on any atom is 0.221 e. The maximum atomic E-state index is 10.8. The third-order valence-electron chi connectivity index (χ3n) is 2.06. The lowest BCUT2D eigenvalue weighted by molar-refractivity contribution is -0.114. The Labute approximate surface area is 113 Å². The summed E-state index contributed by atoms with van der Waals surface area (Å²) in [6.45, 7) is 1.73. The quantitative estimate of drug-likeness (QED) is 0.937. The highest BCUT2D eigenvalue weighted by Gasteiger charge is 2.06. The first-order chi connectivity index (χ1) is 8.65. The van der Waals surface area contributed by atoms with Crippen LogP contribution in [0.2, 0.25) is 4.34 Å². The van der Waals surface area contributed by atoms with Crippen LogP contribution in [0.4, 0.5) is 5.69 Å². The fourth-order valence-corrected chi connectivity index (χ4v) is 1.87. The lowest BCUT2D eigenvalue weighted by Gasteiger charge is -2.06. The van der Waals surface area contributed by atoms with Crippen LogP contribution in [-0.4, -0.2) is 15.5 Å². The van der Waals surface area contributed by atoms with Gasteiger partial charge in [0, 0.05) is 24.1 Å². The molecular formula is C11H10ClN3O2S. The van der Waals surface area contributed by atoms with Gasteiger partial charge in [-0.15, -0.1) is 5.10 Å². The summed E-state index contributed by atoms with van der Waals surface area (Å²) >= 11 is 6.98. The van der Waals surface area contributed by atoms with Crippen molar-refractivity contribution in [1.29, 1.82) is 0 Å². The summed E-state index contributed by atoms with van der Waals surface area (Å²) in [7, 11) is 0. The summed E-state index contributed by atoms with van der Waals surface area (Å²) in [6, 6.07) is 7.05. The molecule has 1 heterocycles. The van der Waals surface area contributed by atoms with E-state index in [1.165, 1.54) is 6.92 Å². The number of anilines is 1. The van der Waals surface area contributed by atoms with Crippen molar-refractivity contribution >= 4 is 34.7 Å². The van der Waals surface area contributed by atoms with Gasteiger partial charge in [-0.05, 0) is 24.3 Å². The van der Waals surface area contributed by atoms with E-state index in [1.807, 2.05) is 0 Å². The van der Waals surface area contributed by atoms with Crippen molar-refractivity contribution in [3.05, 3.63) is 34.3 Å². The fraction of sp³-hybridized carbons (Fsp3) is 0.182. The minimum Gasteiger partial charge on any atom is -0.487 e. The molecule has 0 aliphatic carbocycles. The summed E-state index contributed by atoms with van der Waals surface area (Å²) < 4.78 is 9.74. The van der Waals surface area contributed by atoms with Gasteiger partial charge >= 0.3 is 0 Å². The predicted octanol–water partition coefficient (Wildman–Crippen LogP) is 2.73. The molecule has 2 aromatic rings. The van der Waals surface area contributed by atoms with Crippen molar-refractivity contribution in [3.8, 4) is 5.75 Å². The van der Waals surface area contributed by atoms with E-state index >= 15 is 0 Å². The van der Waals surface area contributed by atoms with Crippen molar-refractivity contribution in [2.24, 2.45) is 0 Å². The second kappa shape index (κ2) is 5.79. The van der Waals surface area contributed by atoms with Gasteiger partial charge in [0.05, 0.1) is 0 Å². The molecule has 0 aliphatic heterocycles. The molecule has 18 heavy (non-hydrogen) atoms. The van der Waals surface area contributed by atoms with Gasteiger partial charge in [-0.3, -0.25) is 4.79 Å². The molecule has 5 nitrogen and oxygen atoms in total. The molecule has 0 bridgehead atoms. The molecule has 1 N–H and O–H groups in total. The van der Waals surface area contributed by atoms with Crippen molar-refractivity contribution in [2.45, 2.75) is 13.5 Å². The van der Waals surface area contributed by atoms with Gasteiger partial charge in [0.25, 0.3) is 0 Å². The van der Waals surface area contributed by atoms with Gasteiger partial charge in [-0.2, -0.15) is 0 Å². The molecule has 0 atom stereocenters. The molecule has 7 heteroatoms. The lowest BCUT2D eigenvalue weighted by Crippen LogP contribution is -2.05. The lowest BCUT2D eigenvalue weighted by atomic mass is 10.3. The number of aromatic nitrogens is 2. The first-order valence-corrected chi connectivity index (χ1v) is 6.27. The molecule has 0 unspecified atom stereocenters. The van der Waals surface area contributed by atoms with Gasteiger partial charge in [0.2, 0.25) is 5.91 Å². The monoisotopic (exact) mass is 283 g/mol. The standard InChI is InChI=1S/C11H10ClN3O2S/c1-7(16)13-8-2-4-9(5-3-8)17-6-10-11(12)18-15-14-10/h2-5H,6H2,1H3,(H,13,16).